The topological polar surface area (TPSA) is 94.4 Å². The third-order valence-corrected chi connectivity index (χ3v) is 7.09. The van der Waals surface area contributed by atoms with Gasteiger partial charge in [0.2, 0.25) is 11.8 Å². The molecule has 0 aliphatic carbocycles. The Labute approximate surface area is 152 Å². The molecule has 142 valence electrons. The Morgan fingerprint density at radius 2 is 1.85 bits per heavy atom. The van der Waals surface area contributed by atoms with Crippen LogP contribution in [0.1, 0.15) is 6.42 Å². The van der Waals surface area contributed by atoms with Crippen molar-refractivity contribution in [3.05, 3.63) is 0 Å². The van der Waals surface area contributed by atoms with Crippen LogP contribution in [-0.4, -0.2) is 108 Å². The largest absolute Gasteiger partial charge is 0.372 e. The molecular formula is C17H26N6O3. The fraction of sp³-hybridized carbons (Fsp3) is 0.882. The summed E-state index contributed by atoms with van der Waals surface area (Å²) in [5, 5.41) is 3.27. The zero-order chi connectivity index (χ0) is 17.6. The maximum absolute atomic E-state index is 12.8. The SMILES string of the molecule is NC1CC2OC1C1CN(CC(=O)NC34CN5CN(CN(C5)C3)C4)C(=O)C21. The average Bonchev–Trinajstić information content (AvgIpc) is 3.17. The summed E-state index contributed by atoms with van der Waals surface area (Å²) in [5.74, 6) is 0.107. The lowest BCUT2D eigenvalue weighted by Gasteiger charge is -2.60. The maximum atomic E-state index is 12.8. The molecule has 26 heavy (non-hydrogen) atoms. The number of hydrogen-bond donors (Lipinski definition) is 2. The number of amides is 2. The number of ether oxygens (including phenoxy) is 1. The number of nitrogens with two attached hydrogens (primary N) is 1. The van der Waals surface area contributed by atoms with Crippen LogP contribution < -0.4 is 11.1 Å². The van der Waals surface area contributed by atoms with E-state index in [4.69, 9.17) is 10.5 Å². The molecule has 3 N–H and O–H groups in total. The van der Waals surface area contributed by atoms with Crippen LogP contribution in [0.5, 0.6) is 0 Å². The summed E-state index contributed by atoms with van der Waals surface area (Å²) in [6.07, 6.45) is 0.707. The Morgan fingerprint density at radius 1 is 1.19 bits per heavy atom. The molecule has 2 amide bonds. The molecule has 0 radical (unpaired) electrons. The van der Waals surface area contributed by atoms with Crippen molar-refractivity contribution in [2.45, 2.75) is 30.2 Å². The third-order valence-electron chi connectivity index (χ3n) is 7.09. The van der Waals surface area contributed by atoms with Crippen molar-refractivity contribution in [2.24, 2.45) is 17.6 Å². The van der Waals surface area contributed by atoms with E-state index in [1.54, 1.807) is 4.90 Å². The first-order chi connectivity index (χ1) is 12.5. The molecule has 7 rings (SSSR count). The molecule has 0 saturated carbocycles. The maximum Gasteiger partial charge on any atom is 0.240 e. The number of nitrogens with one attached hydrogen (secondary N) is 1. The molecule has 0 aromatic carbocycles. The highest BCUT2D eigenvalue weighted by molar-refractivity contribution is 5.88. The van der Waals surface area contributed by atoms with Crippen LogP contribution in [0.4, 0.5) is 0 Å². The van der Waals surface area contributed by atoms with E-state index in [-0.39, 0.29) is 54.0 Å². The zero-order valence-corrected chi connectivity index (χ0v) is 14.8. The Bertz CT molecular complexity index is 636. The molecule has 7 aliphatic rings. The van der Waals surface area contributed by atoms with Crippen molar-refractivity contribution in [1.29, 1.82) is 0 Å². The monoisotopic (exact) mass is 362 g/mol. The van der Waals surface area contributed by atoms with Crippen molar-refractivity contribution in [3.63, 3.8) is 0 Å². The molecule has 7 heterocycles. The first-order valence-electron chi connectivity index (χ1n) is 9.68. The summed E-state index contributed by atoms with van der Waals surface area (Å²) in [6, 6.07) is 0.0343. The van der Waals surface area contributed by atoms with Gasteiger partial charge in [-0.25, -0.2) is 0 Å². The van der Waals surface area contributed by atoms with Gasteiger partial charge < -0.3 is 20.7 Å². The van der Waals surface area contributed by atoms with Crippen LogP contribution in [0.15, 0.2) is 0 Å². The highest BCUT2D eigenvalue weighted by atomic mass is 16.5. The van der Waals surface area contributed by atoms with Gasteiger partial charge in [0.1, 0.15) is 0 Å². The Balaban J connectivity index is 1.13. The van der Waals surface area contributed by atoms with E-state index < -0.39 is 0 Å². The molecule has 6 bridgehead atoms. The van der Waals surface area contributed by atoms with Crippen LogP contribution >= 0.6 is 0 Å². The van der Waals surface area contributed by atoms with Gasteiger partial charge in [0.05, 0.1) is 50.2 Å². The molecule has 5 unspecified atom stereocenters. The summed E-state index contributed by atoms with van der Waals surface area (Å²) >= 11 is 0. The highest BCUT2D eigenvalue weighted by Gasteiger charge is 2.60. The average molecular weight is 362 g/mol. The van der Waals surface area contributed by atoms with Crippen molar-refractivity contribution >= 4 is 11.8 Å². The molecular weight excluding hydrogens is 336 g/mol. The molecule has 5 atom stereocenters. The number of fused-ring (bicyclic) bond motifs is 5. The van der Waals surface area contributed by atoms with Crippen molar-refractivity contribution in [1.82, 2.24) is 24.9 Å². The highest BCUT2D eigenvalue weighted by Crippen LogP contribution is 2.47. The van der Waals surface area contributed by atoms with E-state index in [1.165, 1.54) is 0 Å². The van der Waals surface area contributed by atoms with Crippen LogP contribution in [0, 0.1) is 11.8 Å². The quantitative estimate of drug-likeness (QED) is 0.561. The Hall–Kier alpha value is -1.26. The van der Waals surface area contributed by atoms with Gasteiger partial charge in [-0.2, -0.15) is 0 Å². The van der Waals surface area contributed by atoms with E-state index >= 15 is 0 Å². The van der Waals surface area contributed by atoms with E-state index in [0.29, 0.717) is 6.54 Å². The van der Waals surface area contributed by atoms with Gasteiger partial charge in [0.15, 0.2) is 0 Å². The molecule has 7 saturated heterocycles. The first kappa shape index (κ1) is 15.8. The molecule has 0 aromatic heterocycles. The summed E-state index contributed by atoms with van der Waals surface area (Å²) in [6.45, 7) is 6.43. The molecule has 0 spiro atoms. The predicted molar refractivity (Wildman–Crippen MR) is 90.4 cm³/mol. The molecule has 7 aliphatic heterocycles. The summed E-state index contributed by atoms with van der Waals surface area (Å²) in [7, 11) is 0. The smallest absolute Gasteiger partial charge is 0.240 e. The second kappa shape index (κ2) is 5.17. The second-order valence-corrected chi connectivity index (χ2v) is 9.19. The minimum absolute atomic E-state index is 0.0152. The molecule has 0 aromatic rings. The van der Waals surface area contributed by atoms with E-state index in [2.05, 4.69) is 20.0 Å². The number of carbonyl (C=O) groups is 2. The van der Waals surface area contributed by atoms with Gasteiger partial charge in [-0.15, -0.1) is 0 Å². The third kappa shape index (κ3) is 2.15. The van der Waals surface area contributed by atoms with E-state index in [1.807, 2.05) is 0 Å². The Morgan fingerprint density at radius 3 is 2.50 bits per heavy atom. The summed E-state index contributed by atoms with van der Waals surface area (Å²) in [4.78, 5) is 34.4. The lowest BCUT2D eigenvalue weighted by Crippen LogP contribution is -2.80. The van der Waals surface area contributed by atoms with Gasteiger partial charge in [-0.3, -0.25) is 24.3 Å². The summed E-state index contributed by atoms with van der Waals surface area (Å²) in [5.41, 5.74) is 5.92. The normalized spacial score (nSPS) is 53.4. The number of hydrogen-bond acceptors (Lipinski definition) is 7. The molecule has 9 heteroatoms. The number of rotatable bonds is 3. The van der Waals surface area contributed by atoms with Crippen LogP contribution in [0.25, 0.3) is 0 Å². The number of nitrogens with zero attached hydrogens (tertiary/aromatic N) is 4. The van der Waals surface area contributed by atoms with Crippen LogP contribution in [-0.2, 0) is 14.3 Å². The van der Waals surface area contributed by atoms with E-state index in [0.717, 1.165) is 46.1 Å². The number of likely N-dealkylation sites (tertiary alicyclic amines) is 1. The van der Waals surface area contributed by atoms with Crippen molar-refractivity contribution < 1.29 is 14.3 Å². The standard InChI is InChI=1S/C17H26N6O3/c18-11-1-12-14-10(15(11)26-12)2-23(16(14)25)3-13(24)19-17-4-20-7-21(5-17)9-22(6-17)8-20/h10-12,14-15H,1-9,18H2,(H,19,24). The fourth-order valence-electron chi connectivity index (χ4n) is 6.49. The van der Waals surface area contributed by atoms with Gasteiger partial charge in [-0.1, -0.05) is 0 Å². The van der Waals surface area contributed by atoms with E-state index in [9.17, 15) is 9.59 Å². The van der Waals surface area contributed by atoms with Gasteiger partial charge in [0, 0.05) is 38.1 Å². The zero-order valence-electron chi connectivity index (χ0n) is 14.8. The molecule has 7 fully saturated rings. The lowest BCUT2D eigenvalue weighted by atomic mass is 9.79. The van der Waals surface area contributed by atoms with Gasteiger partial charge in [-0.05, 0) is 6.42 Å². The first-order valence-corrected chi connectivity index (χ1v) is 9.68. The molecule has 9 nitrogen and oxygen atoms in total. The van der Waals surface area contributed by atoms with Gasteiger partial charge >= 0.3 is 0 Å². The minimum Gasteiger partial charge on any atom is -0.372 e. The fourth-order valence-corrected chi connectivity index (χ4v) is 6.49. The van der Waals surface area contributed by atoms with Crippen molar-refractivity contribution in [2.75, 3.05) is 52.7 Å². The number of carbonyl (C=O) groups excluding carboxylic acids is 2. The van der Waals surface area contributed by atoms with Crippen molar-refractivity contribution in [3.8, 4) is 0 Å². The lowest BCUT2D eigenvalue weighted by molar-refractivity contribution is -0.158. The predicted octanol–water partition coefficient (Wildman–Crippen LogP) is -2.77. The summed E-state index contributed by atoms with van der Waals surface area (Å²) < 4.78 is 5.88. The minimum atomic E-state index is -0.199. The Kier molecular flexibility index (Phi) is 3.13. The van der Waals surface area contributed by atoms with Crippen LogP contribution in [0.2, 0.25) is 0 Å². The second-order valence-electron chi connectivity index (χ2n) is 9.19. The van der Waals surface area contributed by atoms with Crippen LogP contribution in [0.3, 0.4) is 0 Å². The van der Waals surface area contributed by atoms with Gasteiger partial charge in [0.25, 0.3) is 0 Å².